The molecule has 4 heteroatoms. The molecular formula is C17H23N3O. The van der Waals surface area contributed by atoms with Crippen LogP contribution in [0.1, 0.15) is 25.5 Å². The van der Waals surface area contributed by atoms with Gasteiger partial charge in [-0.2, -0.15) is 0 Å². The van der Waals surface area contributed by atoms with Gasteiger partial charge in [0.05, 0.1) is 5.52 Å². The highest BCUT2D eigenvalue weighted by atomic mass is 16.1. The van der Waals surface area contributed by atoms with Crippen molar-refractivity contribution in [3.05, 3.63) is 40.2 Å². The smallest absolute Gasteiger partial charge is 0.192 e. The maximum Gasteiger partial charge on any atom is 0.192 e. The molecule has 2 heterocycles. The Hall–Kier alpha value is -1.81. The van der Waals surface area contributed by atoms with E-state index in [1.807, 2.05) is 19.2 Å². The number of anilines is 1. The van der Waals surface area contributed by atoms with Crippen LogP contribution in [0.2, 0.25) is 0 Å². The highest BCUT2D eigenvalue weighted by Crippen LogP contribution is 2.23. The maximum absolute atomic E-state index is 12.4. The standard InChI is InChI=1S/C17H23N3O/c1-12(2)20-11-13(3)17(21)15-5-4-14(10-16(15)20)19-8-6-18-7-9-19/h4-5,10-12,18H,6-9H2,1-3H3. The first kappa shape index (κ1) is 14.1. The number of nitrogens with zero attached hydrogens (tertiary/aromatic N) is 2. The summed E-state index contributed by atoms with van der Waals surface area (Å²) in [5, 5.41) is 4.19. The van der Waals surface area contributed by atoms with Gasteiger partial charge in [-0.25, -0.2) is 0 Å². The van der Waals surface area contributed by atoms with E-state index in [9.17, 15) is 4.79 Å². The zero-order valence-electron chi connectivity index (χ0n) is 13.0. The first-order valence-electron chi connectivity index (χ1n) is 7.69. The van der Waals surface area contributed by atoms with E-state index in [4.69, 9.17) is 0 Å². The summed E-state index contributed by atoms with van der Waals surface area (Å²) in [6.45, 7) is 10.3. The van der Waals surface area contributed by atoms with Crippen molar-refractivity contribution in [3.63, 3.8) is 0 Å². The molecule has 0 amide bonds. The van der Waals surface area contributed by atoms with Crippen LogP contribution >= 0.6 is 0 Å². The Kier molecular flexibility index (Phi) is 3.72. The molecule has 0 radical (unpaired) electrons. The number of rotatable bonds is 2. The van der Waals surface area contributed by atoms with Gasteiger partial charge in [0.15, 0.2) is 5.43 Å². The van der Waals surface area contributed by atoms with Crippen LogP contribution in [0, 0.1) is 6.92 Å². The van der Waals surface area contributed by atoms with Crippen molar-refractivity contribution in [3.8, 4) is 0 Å². The molecule has 4 nitrogen and oxygen atoms in total. The molecule has 0 spiro atoms. The highest BCUT2D eigenvalue weighted by Gasteiger charge is 2.14. The molecule has 21 heavy (non-hydrogen) atoms. The molecule has 3 rings (SSSR count). The minimum atomic E-state index is 0.147. The van der Waals surface area contributed by atoms with Gasteiger partial charge in [0.25, 0.3) is 0 Å². The third-order valence-electron chi connectivity index (χ3n) is 4.23. The summed E-state index contributed by atoms with van der Waals surface area (Å²) < 4.78 is 2.21. The Morgan fingerprint density at radius 1 is 1.19 bits per heavy atom. The number of hydrogen-bond acceptors (Lipinski definition) is 3. The van der Waals surface area contributed by atoms with Crippen molar-refractivity contribution in [1.82, 2.24) is 9.88 Å². The number of fused-ring (bicyclic) bond motifs is 1. The van der Waals surface area contributed by atoms with Crippen LogP contribution in [-0.2, 0) is 0 Å². The largest absolute Gasteiger partial charge is 0.369 e. The first-order valence-corrected chi connectivity index (χ1v) is 7.69. The molecule has 0 aliphatic carbocycles. The van der Waals surface area contributed by atoms with E-state index in [-0.39, 0.29) is 5.43 Å². The molecule has 2 aromatic rings. The first-order chi connectivity index (χ1) is 10.1. The van der Waals surface area contributed by atoms with E-state index in [1.165, 1.54) is 5.69 Å². The van der Waals surface area contributed by atoms with Crippen molar-refractivity contribution >= 4 is 16.6 Å². The quantitative estimate of drug-likeness (QED) is 0.920. The lowest BCUT2D eigenvalue weighted by molar-refractivity contribution is 0.588. The van der Waals surface area contributed by atoms with Crippen LogP contribution < -0.4 is 15.6 Å². The predicted molar refractivity (Wildman–Crippen MR) is 88.4 cm³/mol. The number of piperazine rings is 1. The monoisotopic (exact) mass is 285 g/mol. The van der Waals surface area contributed by atoms with E-state index in [0.29, 0.717) is 6.04 Å². The third-order valence-corrected chi connectivity index (χ3v) is 4.23. The molecule has 1 fully saturated rings. The summed E-state index contributed by atoms with van der Waals surface area (Å²) in [6.07, 6.45) is 1.98. The molecule has 1 aromatic carbocycles. The highest BCUT2D eigenvalue weighted by molar-refractivity contribution is 5.83. The molecule has 0 unspecified atom stereocenters. The normalized spacial score (nSPS) is 15.9. The van der Waals surface area contributed by atoms with Crippen LogP contribution in [0.15, 0.2) is 29.2 Å². The SMILES string of the molecule is Cc1cn(C(C)C)c2cc(N3CCNCC3)ccc2c1=O. The van der Waals surface area contributed by atoms with Gasteiger partial charge in [-0.3, -0.25) is 4.79 Å². The van der Waals surface area contributed by atoms with Crippen molar-refractivity contribution in [1.29, 1.82) is 0 Å². The number of aromatic nitrogens is 1. The van der Waals surface area contributed by atoms with Crippen LogP contribution in [0.25, 0.3) is 10.9 Å². The van der Waals surface area contributed by atoms with Gasteiger partial charge >= 0.3 is 0 Å². The van der Waals surface area contributed by atoms with Gasteiger partial charge in [-0.05, 0) is 39.0 Å². The van der Waals surface area contributed by atoms with Crippen molar-refractivity contribution < 1.29 is 0 Å². The lowest BCUT2D eigenvalue weighted by atomic mass is 10.1. The van der Waals surface area contributed by atoms with E-state index in [1.54, 1.807) is 0 Å². The lowest BCUT2D eigenvalue weighted by Gasteiger charge is -2.30. The fraction of sp³-hybridized carbons (Fsp3) is 0.471. The van der Waals surface area contributed by atoms with Crippen molar-refractivity contribution in [2.45, 2.75) is 26.8 Å². The molecule has 1 aliphatic heterocycles. The Bertz CT molecular complexity index is 712. The van der Waals surface area contributed by atoms with Gasteiger partial charge in [0.1, 0.15) is 0 Å². The van der Waals surface area contributed by atoms with Crippen LogP contribution in [0.4, 0.5) is 5.69 Å². The molecule has 1 aromatic heterocycles. The number of pyridine rings is 1. The number of nitrogens with one attached hydrogen (secondary N) is 1. The van der Waals surface area contributed by atoms with Crippen LogP contribution in [0.3, 0.4) is 0 Å². The molecule has 0 saturated carbocycles. The van der Waals surface area contributed by atoms with E-state index in [2.05, 4.69) is 40.8 Å². The van der Waals surface area contributed by atoms with E-state index in [0.717, 1.165) is 42.6 Å². The Balaban J connectivity index is 2.17. The van der Waals surface area contributed by atoms with Crippen LogP contribution in [0.5, 0.6) is 0 Å². The fourth-order valence-electron chi connectivity index (χ4n) is 3.02. The van der Waals surface area contributed by atoms with Gasteiger partial charge in [-0.1, -0.05) is 0 Å². The third kappa shape index (κ3) is 2.56. The van der Waals surface area contributed by atoms with Crippen molar-refractivity contribution in [2.75, 3.05) is 31.1 Å². The second-order valence-corrected chi connectivity index (χ2v) is 6.08. The summed E-state index contributed by atoms with van der Waals surface area (Å²) in [5.41, 5.74) is 3.21. The molecule has 112 valence electrons. The molecular weight excluding hydrogens is 262 g/mol. The zero-order chi connectivity index (χ0) is 15.0. The summed E-state index contributed by atoms with van der Waals surface area (Å²) >= 11 is 0. The zero-order valence-corrected chi connectivity index (χ0v) is 13.0. The minimum absolute atomic E-state index is 0.147. The Labute approximate surface area is 125 Å². The topological polar surface area (TPSA) is 37.3 Å². The predicted octanol–water partition coefficient (Wildman–Crippen LogP) is 2.30. The molecule has 0 atom stereocenters. The molecule has 0 bridgehead atoms. The van der Waals surface area contributed by atoms with Gasteiger partial charge in [-0.15, -0.1) is 0 Å². The van der Waals surface area contributed by atoms with Crippen LogP contribution in [-0.4, -0.2) is 30.7 Å². The number of benzene rings is 1. The summed E-state index contributed by atoms with van der Waals surface area (Å²) in [6, 6.07) is 6.58. The average molecular weight is 285 g/mol. The van der Waals surface area contributed by atoms with Gasteiger partial charge in [0.2, 0.25) is 0 Å². The minimum Gasteiger partial charge on any atom is -0.369 e. The Morgan fingerprint density at radius 3 is 2.57 bits per heavy atom. The van der Waals surface area contributed by atoms with Gasteiger partial charge in [0, 0.05) is 55.1 Å². The molecule has 1 aliphatic rings. The fourth-order valence-corrected chi connectivity index (χ4v) is 3.02. The van der Waals surface area contributed by atoms with E-state index < -0.39 is 0 Å². The number of hydrogen-bond donors (Lipinski definition) is 1. The lowest BCUT2D eigenvalue weighted by Crippen LogP contribution is -2.43. The number of aryl methyl sites for hydroxylation is 1. The second-order valence-electron chi connectivity index (χ2n) is 6.08. The molecule has 1 saturated heterocycles. The Morgan fingerprint density at radius 2 is 1.90 bits per heavy atom. The van der Waals surface area contributed by atoms with Gasteiger partial charge < -0.3 is 14.8 Å². The summed E-state index contributed by atoms with van der Waals surface area (Å²) in [7, 11) is 0. The maximum atomic E-state index is 12.4. The van der Waals surface area contributed by atoms with Crippen molar-refractivity contribution in [2.24, 2.45) is 0 Å². The second kappa shape index (κ2) is 5.53. The molecule has 1 N–H and O–H groups in total. The summed E-state index contributed by atoms with van der Waals surface area (Å²) in [4.78, 5) is 14.7. The summed E-state index contributed by atoms with van der Waals surface area (Å²) in [5.74, 6) is 0. The van der Waals surface area contributed by atoms with E-state index >= 15 is 0 Å². The average Bonchev–Trinajstić information content (AvgIpc) is 2.51.